The molecule has 1 aliphatic carbocycles. The summed E-state index contributed by atoms with van der Waals surface area (Å²) in [6.07, 6.45) is 6.41. The number of carbonyl (C=O) groups is 1. The molecule has 0 unspecified atom stereocenters. The lowest BCUT2D eigenvalue weighted by Gasteiger charge is -2.30. The van der Waals surface area contributed by atoms with Gasteiger partial charge in [0.05, 0.1) is 19.8 Å². The molecule has 0 aromatic heterocycles. The Hall–Kier alpha value is -0.610. The van der Waals surface area contributed by atoms with Gasteiger partial charge in [-0.05, 0) is 31.6 Å². The number of rotatable bonds is 4. The Labute approximate surface area is 110 Å². The summed E-state index contributed by atoms with van der Waals surface area (Å²) in [6.45, 7) is 5.66. The number of nitrogens with one attached hydrogen (secondary N) is 1. The topological polar surface area (TPSA) is 41.6 Å². The number of ether oxygens (including phenoxy) is 1. The second-order valence-electron chi connectivity index (χ2n) is 5.50. The van der Waals surface area contributed by atoms with Crippen LogP contribution in [0.25, 0.3) is 0 Å². The van der Waals surface area contributed by atoms with Gasteiger partial charge in [0.25, 0.3) is 0 Å². The van der Waals surface area contributed by atoms with Gasteiger partial charge in [0.2, 0.25) is 5.91 Å². The molecule has 1 aliphatic heterocycles. The Bertz CT molecular complexity index is 257. The zero-order valence-corrected chi connectivity index (χ0v) is 11.5. The van der Waals surface area contributed by atoms with Crippen LogP contribution in [-0.4, -0.2) is 49.7 Å². The van der Waals surface area contributed by atoms with E-state index in [4.69, 9.17) is 4.74 Å². The van der Waals surface area contributed by atoms with Crippen molar-refractivity contribution in [2.75, 3.05) is 32.8 Å². The first-order valence-electron chi connectivity index (χ1n) is 7.38. The quantitative estimate of drug-likeness (QED) is 0.824. The molecule has 4 nitrogen and oxygen atoms in total. The van der Waals surface area contributed by atoms with Gasteiger partial charge in [-0.15, -0.1) is 0 Å². The maximum absolute atomic E-state index is 12.0. The predicted octanol–water partition coefficient (Wildman–Crippen LogP) is 1.40. The van der Waals surface area contributed by atoms with Gasteiger partial charge in [-0.1, -0.05) is 13.3 Å². The first-order chi connectivity index (χ1) is 8.79. The molecule has 0 aromatic rings. The standard InChI is InChI=1S/C14H26N2O2/c1-2-12-3-5-13(6-4-12)15-11-14(17)16-7-9-18-10-8-16/h12-13,15H,2-11H2,1H3. The van der Waals surface area contributed by atoms with Crippen LogP contribution >= 0.6 is 0 Å². The monoisotopic (exact) mass is 254 g/mol. The van der Waals surface area contributed by atoms with Crippen LogP contribution in [0.5, 0.6) is 0 Å². The third kappa shape index (κ3) is 3.95. The minimum Gasteiger partial charge on any atom is -0.378 e. The summed E-state index contributed by atoms with van der Waals surface area (Å²) in [5, 5.41) is 3.43. The lowest BCUT2D eigenvalue weighted by atomic mass is 9.84. The van der Waals surface area contributed by atoms with Crippen molar-refractivity contribution < 1.29 is 9.53 Å². The Balaban J connectivity index is 1.63. The molecule has 0 atom stereocenters. The number of nitrogens with zero attached hydrogens (tertiary/aromatic N) is 1. The largest absolute Gasteiger partial charge is 0.378 e. The Kier molecular flexibility index (Phi) is 5.45. The van der Waals surface area contributed by atoms with Gasteiger partial charge < -0.3 is 15.0 Å². The molecule has 2 rings (SSSR count). The third-order valence-corrected chi connectivity index (χ3v) is 4.33. The maximum atomic E-state index is 12.0. The molecule has 1 saturated carbocycles. The van der Waals surface area contributed by atoms with E-state index in [1.54, 1.807) is 0 Å². The van der Waals surface area contributed by atoms with Crippen molar-refractivity contribution >= 4 is 5.91 Å². The number of hydrogen-bond donors (Lipinski definition) is 1. The van der Waals surface area contributed by atoms with Gasteiger partial charge in [-0.25, -0.2) is 0 Å². The average Bonchev–Trinajstić information content (AvgIpc) is 2.46. The van der Waals surface area contributed by atoms with E-state index in [2.05, 4.69) is 12.2 Å². The lowest BCUT2D eigenvalue weighted by Crippen LogP contribution is -2.46. The smallest absolute Gasteiger partial charge is 0.236 e. The van der Waals surface area contributed by atoms with Crippen LogP contribution in [0.1, 0.15) is 39.0 Å². The predicted molar refractivity (Wildman–Crippen MR) is 71.4 cm³/mol. The van der Waals surface area contributed by atoms with Gasteiger partial charge in [0, 0.05) is 19.1 Å². The van der Waals surface area contributed by atoms with Crippen molar-refractivity contribution in [1.82, 2.24) is 10.2 Å². The molecule has 2 aliphatic rings. The first-order valence-corrected chi connectivity index (χ1v) is 7.38. The molecule has 4 heteroatoms. The Morgan fingerprint density at radius 2 is 1.89 bits per heavy atom. The zero-order valence-electron chi connectivity index (χ0n) is 11.5. The average molecular weight is 254 g/mol. The van der Waals surface area contributed by atoms with Crippen molar-refractivity contribution in [1.29, 1.82) is 0 Å². The molecule has 0 bridgehead atoms. The summed E-state index contributed by atoms with van der Waals surface area (Å²) in [4.78, 5) is 13.9. The van der Waals surface area contributed by atoms with Crippen LogP contribution in [-0.2, 0) is 9.53 Å². The highest BCUT2D eigenvalue weighted by molar-refractivity contribution is 5.78. The second-order valence-corrected chi connectivity index (χ2v) is 5.50. The highest BCUT2D eigenvalue weighted by Crippen LogP contribution is 2.26. The molecule has 104 valence electrons. The van der Waals surface area contributed by atoms with E-state index in [1.165, 1.54) is 32.1 Å². The molecule has 18 heavy (non-hydrogen) atoms. The van der Waals surface area contributed by atoms with Gasteiger partial charge in [0.1, 0.15) is 0 Å². The van der Waals surface area contributed by atoms with Crippen molar-refractivity contribution in [3.8, 4) is 0 Å². The van der Waals surface area contributed by atoms with E-state index in [0.29, 0.717) is 25.8 Å². The molecular formula is C14H26N2O2. The second kappa shape index (κ2) is 7.10. The number of carbonyl (C=O) groups excluding carboxylic acids is 1. The summed E-state index contributed by atoms with van der Waals surface area (Å²) in [6, 6.07) is 0.554. The van der Waals surface area contributed by atoms with Crippen LogP contribution in [0.15, 0.2) is 0 Å². The normalized spacial score (nSPS) is 29.3. The van der Waals surface area contributed by atoms with E-state index in [-0.39, 0.29) is 5.91 Å². The van der Waals surface area contributed by atoms with Gasteiger partial charge in [0.15, 0.2) is 0 Å². The summed E-state index contributed by atoms with van der Waals surface area (Å²) in [5.74, 6) is 1.15. The SMILES string of the molecule is CCC1CCC(NCC(=O)N2CCOCC2)CC1. The Morgan fingerprint density at radius 1 is 1.22 bits per heavy atom. The molecule has 0 radical (unpaired) electrons. The fourth-order valence-electron chi connectivity index (χ4n) is 2.93. The van der Waals surface area contributed by atoms with Crippen LogP contribution in [0, 0.1) is 5.92 Å². The molecule has 0 aromatic carbocycles. The molecular weight excluding hydrogens is 228 g/mol. The lowest BCUT2D eigenvalue weighted by molar-refractivity contribution is -0.134. The van der Waals surface area contributed by atoms with Crippen molar-refractivity contribution in [2.24, 2.45) is 5.92 Å². The fraction of sp³-hybridized carbons (Fsp3) is 0.929. The Morgan fingerprint density at radius 3 is 2.50 bits per heavy atom. The molecule has 0 spiro atoms. The minimum absolute atomic E-state index is 0.232. The summed E-state index contributed by atoms with van der Waals surface area (Å²) >= 11 is 0. The number of morpholine rings is 1. The fourth-order valence-corrected chi connectivity index (χ4v) is 2.93. The maximum Gasteiger partial charge on any atom is 0.236 e. The van der Waals surface area contributed by atoms with E-state index in [0.717, 1.165) is 19.0 Å². The van der Waals surface area contributed by atoms with E-state index >= 15 is 0 Å². The molecule has 2 fully saturated rings. The number of hydrogen-bond acceptors (Lipinski definition) is 3. The van der Waals surface area contributed by atoms with E-state index in [1.807, 2.05) is 4.90 Å². The van der Waals surface area contributed by atoms with Crippen LogP contribution in [0.4, 0.5) is 0 Å². The van der Waals surface area contributed by atoms with Crippen molar-refractivity contribution in [3.05, 3.63) is 0 Å². The summed E-state index contributed by atoms with van der Waals surface area (Å²) < 4.78 is 5.25. The van der Waals surface area contributed by atoms with Gasteiger partial charge in [-0.3, -0.25) is 4.79 Å². The van der Waals surface area contributed by atoms with Crippen LogP contribution in [0.3, 0.4) is 0 Å². The van der Waals surface area contributed by atoms with Gasteiger partial charge in [-0.2, -0.15) is 0 Å². The molecule has 1 heterocycles. The number of amides is 1. The van der Waals surface area contributed by atoms with E-state index in [9.17, 15) is 4.79 Å². The molecule has 1 N–H and O–H groups in total. The molecule has 1 saturated heterocycles. The first kappa shape index (κ1) is 13.8. The van der Waals surface area contributed by atoms with Crippen LogP contribution < -0.4 is 5.32 Å². The highest BCUT2D eigenvalue weighted by Gasteiger charge is 2.22. The van der Waals surface area contributed by atoms with Gasteiger partial charge >= 0.3 is 0 Å². The summed E-state index contributed by atoms with van der Waals surface area (Å²) in [7, 11) is 0. The third-order valence-electron chi connectivity index (χ3n) is 4.33. The zero-order chi connectivity index (χ0) is 12.8. The van der Waals surface area contributed by atoms with Crippen molar-refractivity contribution in [2.45, 2.75) is 45.1 Å². The van der Waals surface area contributed by atoms with Crippen molar-refractivity contribution in [3.63, 3.8) is 0 Å². The molecule has 1 amide bonds. The summed E-state index contributed by atoms with van der Waals surface area (Å²) in [5.41, 5.74) is 0. The highest BCUT2D eigenvalue weighted by atomic mass is 16.5. The minimum atomic E-state index is 0.232. The van der Waals surface area contributed by atoms with E-state index < -0.39 is 0 Å². The van der Waals surface area contributed by atoms with Crippen LogP contribution in [0.2, 0.25) is 0 Å².